The van der Waals surface area contributed by atoms with Gasteiger partial charge in [-0.2, -0.15) is 10.3 Å². The highest BCUT2D eigenvalue weighted by molar-refractivity contribution is 6.03. The van der Waals surface area contributed by atoms with Gasteiger partial charge in [0, 0.05) is 16.7 Å². The summed E-state index contributed by atoms with van der Waals surface area (Å²) in [6, 6.07) is 10.9. The van der Waals surface area contributed by atoms with Crippen LogP contribution in [0.4, 0.5) is 4.39 Å². The number of ether oxygens (including phenoxy) is 1. The van der Waals surface area contributed by atoms with Gasteiger partial charge in [0.1, 0.15) is 17.7 Å². The number of guanidine groups is 1. The van der Waals surface area contributed by atoms with Gasteiger partial charge in [-0.25, -0.2) is 4.39 Å². The SMILES string of the molecule is CC1C=C(c2c(F)cccc2C#N)c2cc(C(=O)N=C(N)N)ccc2O1. The molecule has 6 nitrogen and oxygen atoms in total. The van der Waals surface area contributed by atoms with E-state index in [1.807, 2.05) is 6.07 Å². The molecular formula is C19H15FN4O2. The molecule has 2 aromatic carbocycles. The predicted octanol–water partition coefficient (Wildman–Crippen LogP) is 2.32. The molecule has 1 unspecified atom stereocenters. The summed E-state index contributed by atoms with van der Waals surface area (Å²) in [5, 5.41) is 9.35. The molecule has 3 rings (SSSR count). The first-order chi connectivity index (χ1) is 12.4. The van der Waals surface area contributed by atoms with E-state index in [9.17, 15) is 14.4 Å². The maximum atomic E-state index is 14.5. The van der Waals surface area contributed by atoms with E-state index in [0.29, 0.717) is 16.9 Å². The van der Waals surface area contributed by atoms with Gasteiger partial charge in [-0.1, -0.05) is 6.07 Å². The number of amides is 1. The summed E-state index contributed by atoms with van der Waals surface area (Å²) >= 11 is 0. The van der Waals surface area contributed by atoms with E-state index in [4.69, 9.17) is 16.2 Å². The smallest absolute Gasteiger partial charge is 0.280 e. The quantitative estimate of drug-likeness (QED) is 0.637. The van der Waals surface area contributed by atoms with Crippen LogP contribution >= 0.6 is 0 Å². The van der Waals surface area contributed by atoms with Crippen molar-refractivity contribution in [2.75, 3.05) is 0 Å². The number of rotatable bonds is 2. The van der Waals surface area contributed by atoms with E-state index in [2.05, 4.69) is 4.99 Å². The van der Waals surface area contributed by atoms with Gasteiger partial charge in [-0.15, -0.1) is 0 Å². The molecule has 26 heavy (non-hydrogen) atoms. The van der Waals surface area contributed by atoms with E-state index < -0.39 is 11.7 Å². The lowest BCUT2D eigenvalue weighted by Gasteiger charge is -2.24. The van der Waals surface area contributed by atoms with Gasteiger partial charge < -0.3 is 16.2 Å². The van der Waals surface area contributed by atoms with Gasteiger partial charge in [0.25, 0.3) is 5.91 Å². The molecular weight excluding hydrogens is 335 g/mol. The molecule has 0 spiro atoms. The Kier molecular flexibility index (Phi) is 4.42. The van der Waals surface area contributed by atoms with E-state index >= 15 is 0 Å². The summed E-state index contributed by atoms with van der Waals surface area (Å²) in [7, 11) is 0. The van der Waals surface area contributed by atoms with E-state index in [1.54, 1.807) is 19.1 Å². The number of carbonyl (C=O) groups is 1. The van der Waals surface area contributed by atoms with Crippen LogP contribution < -0.4 is 16.2 Å². The monoisotopic (exact) mass is 350 g/mol. The van der Waals surface area contributed by atoms with Crippen molar-refractivity contribution in [3.05, 3.63) is 70.5 Å². The zero-order valence-electron chi connectivity index (χ0n) is 13.9. The van der Waals surface area contributed by atoms with Crippen molar-refractivity contribution < 1.29 is 13.9 Å². The van der Waals surface area contributed by atoms with Crippen LogP contribution in [0.5, 0.6) is 5.75 Å². The third-order valence-corrected chi connectivity index (χ3v) is 3.86. The molecule has 1 heterocycles. The van der Waals surface area contributed by atoms with Crippen LogP contribution in [0.15, 0.2) is 47.5 Å². The zero-order chi connectivity index (χ0) is 18.8. The molecule has 1 aliphatic heterocycles. The molecule has 4 N–H and O–H groups in total. The number of hydrogen-bond acceptors (Lipinski definition) is 3. The first-order valence-corrected chi connectivity index (χ1v) is 7.76. The number of aliphatic imine (C=N–C) groups is 1. The van der Waals surface area contributed by atoms with Crippen LogP contribution in [-0.4, -0.2) is 18.0 Å². The van der Waals surface area contributed by atoms with Crippen molar-refractivity contribution in [1.29, 1.82) is 5.26 Å². The van der Waals surface area contributed by atoms with Crippen LogP contribution in [0.3, 0.4) is 0 Å². The molecule has 0 radical (unpaired) electrons. The van der Waals surface area contributed by atoms with E-state index in [-0.39, 0.29) is 28.8 Å². The van der Waals surface area contributed by atoms with E-state index in [0.717, 1.165) is 0 Å². The van der Waals surface area contributed by atoms with Crippen molar-refractivity contribution in [1.82, 2.24) is 0 Å². The lowest BCUT2D eigenvalue weighted by atomic mass is 9.89. The maximum Gasteiger partial charge on any atom is 0.280 e. The molecule has 1 aliphatic rings. The Morgan fingerprint density at radius 1 is 1.31 bits per heavy atom. The van der Waals surface area contributed by atoms with Crippen LogP contribution in [0.25, 0.3) is 5.57 Å². The van der Waals surface area contributed by atoms with Crippen LogP contribution in [0.2, 0.25) is 0 Å². The summed E-state index contributed by atoms with van der Waals surface area (Å²) in [6.45, 7) is 1.80. The molecule has 0 saturated heterocycles. The van der Waals surface area contributed by atoms with Crippen molar-refractivity contribution in [3.8, 4) is 11.8 Å². The Labute approximate surface area is 149 Å². The van der Waals surface area contributed by atoms with Crippen LogP contribution in [-0.2, 0) is 0 Å². The molecule has 1 amide bonds. The highest BCUT2D eigenvalue weighted by atomic mass is 19.1. The van der Waals surface area contributed by atoms with Crippen molar-refractivity contribution in [2.45, 2.75) is 13.0 Å². The summed E-state index contributed by atoms with van der Waals surface area (Å²) in [5.74, 6) is -1.03. The van der Waals surface area contributed by atoms with Gasteiger partial charge >= 0.3 is 0 Å². The minimum atomic E-state index is -0.625. The van der Waals surface area contributed by atoms with Gasteiger partial charge in [0.2, 0.25) is 0 Å². The fourth-order valence-electron chi connectivity index (χ4n) is 2.83. The molecule has 0 bridgehead atoms. The second-order valence-electron chi connectivity index (χ2n) is 5.73. The highest BCUT2D eigenvalue weighted by Gasteiger charge is 2.24. The van der Waals surface area contributed by atoms with Gasteiger partial charge in [-0.3, -0.25) is 4.79 Å². The second-order valence-corrected chi connectivity index (χ2v) is 5.73. The number of carbonyl (C=O) groups excluding carboxylic acids is 1. The van der Waals surface area contributed by atoms with E-state index in [1.165, 1.54) is 30.3 Å². The van der Waals surface area contributed by atoms with Crippen LogP contribution in [0, 0.1) is 17.1 Å². The minimum Gasteiger partial charge on any atom is -0.486 e. The summed E-state index contributed by atoms with van der Waals surface area (Å²) < 4.78 is 20.3. The highest BCUT2D eigenvalue weighted by Crippen LogP contribution is 2.38. The number of nitriles is 1. The average molecular weight is 350 g/mol. The van der Waals surface area contributed by atoms with Crippen LogP contribution in [0.1, 0.15) is 34.0 Å². The Morgan fingerprint density at radius 3 is 2.77 bits per heavy atom. The largest absolute Gasteiger partial charge is 0.486 e. The van der Waals surface area contributed by atoms with Gasteiger partial charge in [-0.05, 0) is 48.9 Å². The van der Waals surface area contributed by atoms with Gasteiger partial charge in [0.05, 0.1) is 11.6 Å². The molecule has 7 heteroatoms. The molecule has 0 saturated carbocycles. The summed E-state index contributed by atoms with van der Waals surface area (Å²) in [5.41, 5.74) is 12.0. The first kappa shape index (κ1) is 17.2. The fraction of sp³-hybridized carbons (Fsp3) is 0.105. The topological polar surface area (TPSA) is 114 Å². The minimum absolute atomic E-state index is 0.165. The third-order valence-electron chi connectivity index (χ3n) is 3.86. The Hall–Kier alpha value is -3.66. The number of fused-ring (bicyclic) bond motifs is 1. The first-order valence-electron chi connectivity index (χ1n) is 7.76. The van der Waals surface area contributed by atoms with Crippen molar-refractivity contribution >= 4 is 17.4 Å². The summed E-state index contributed by atoms with van der Waals surface area (Å²) in [4.78, 5) is 15.6. The number of nitrogens with zero attached hydrogens (tertiary/aromatic N) is 2. The Morgan fingerprint density at radius 2 is 2.08 bits per heavy atom. The number of nitrogens with two attached hydrogens (primary N) is 2. The summed E-state index contributed by atoms with van der Waals surface area (Å²) in [6.07, 6.45) is 1.37. The third kappa shape index (κ3) is 3.13. The van der Waals surface area contributed by atoms with Crippen molar-refractivity contribution in [2.24, 2.45) is 16.5 Å². The molecule has 0 fully saturated rings. The van der Waals surface area contributed by atoms with Crippen molar-refractivity contribution in [3.63, 3.8) is 0 Å². The fourth-order valence-corrected chi connectivity index (χ4v) is 2.83. The molecule has 1 atom stereocenters. The Bertz CT molecular complexity index is 1000. The molecule has 0 aliphatic carbocycles. The standard InChI is InChI=1S/C19H15FN4O2/c1-10-7-14(17-12(9-21)3-2-4-15(17)20)13-8-11(5-6-16(13)26-10)18(25)24-19(22)23/h2-8,10H,1H3,(H4,22,23,24,25). The Balaban J connectivity index is 2.20. The average Bonchev–Trinajstić information content (AvgIpc) is 2.59. The molecule has 0 aromatic heterocycles. The predicted molar refractivity (Wildman–Crippen MR) is 94.9 cm³/mol. The normalized spacial score (nSPS) is 15.1. The lowest BCUT2D eigenvalue weighted by molar-refractivity contribution is 0.100. The number of benzene rings is 2. The molecule has 2 aromatic rings. The molecule has 130 valence electrons. The number of halogens is 1. The number of hydrogen-bond donors (Lipinski definition) is 2. The zero-order valence-corrected chi connectivity index (χ0v) is 13.9. The second kappa shape index (κ2) is 6.69. The lowest BCUT2D eigenvalue weighted by Crippen LogP contribution is -2.24. The van der Waals surface area contributed by atoms with Gasteiger partial charge in [0.15, 0.2) is 5.96 Å². The maximum absolute atomic E-state index is 14.5.